The Morgan fingerprint density at radius 2 is 2.06 bits per heavy atom. The number of ether oxygens (including phenoxy) is 2. The minimum Gasteiger partial charge on any atom is -0.349 e. The van der Waals surface area contributed by atoms with Crippen LogP contribution in [0, 0.1) is 0 Å². The minimum absolute atomic E-state index is 0.0409. The average Bonchev–Trinajstić information content (AvgIpc) is 3.04. The summed E-state index contributed by atoms with van der Waals surface area (Å²) in [6.45, 7) is 1.40. The first-order chi connectivity index (χ1) is 8.77. The van der Waals surface area contributed by atoms with E-state index >= 15 is 0 Å². The van der Waals surface area contributed by atoms with Crippen LogP contribution in [0.25, 0.3) is 0 Å². The van der Waals surface area contributed by atoms with E-state index in [0.717, 1.165) is 30.6 Å². The second kappa shape index (κ2) is 4.99. The molecule has 3 rings (SSSR count). The third kappa shape index (κ3) is 2.43. The van der Waals surface area contributed by atoms with Crippen molar-refractivity contribution in [3.05, 3.63) is 22.4 Å². The molecule has 5 heteroatoms. The molecule has 1 saturated heterocycles. The Labute approximate surface area is 110 Å². The molecule has 18 heavy (non-hydrogen) atoms. The topological polar surface area (TPSA) is 47.6 Å². The summed E-state index contributed by atoms with van der Waals surface area (Å²) in [6, 6.07) is 4.00. The average molecular weight is 267 g/mol. The Morgan fingerprint density at radius 1 is 1.33 bits per heavy atom. The van der Waals surface area contributed by atoms with Gasteiger partial charge in [0.05, 0.1) is 18.1 Å². The van der Waals surface area contributed by atoms with Gasteiger partial charge in [-0.05, 0) is 24.3 Å². The fourth-order valence-corrected chi connectivity index (χ4v) is 3.28. The van der Waals surface area contributed by atoms with Crippen molar-refractivity contribution >= 4 is 17.2 Å². The zero-order valence-corrected chi connectivity index (χ0v) is 11.0. The van der Waals surface area contributed by atoms with Gasteiger partial charge in [-0.1, -0.05) is 6.07 Å². The Morgan fingerprint density at radius 3 is 2.67 bits per heavy atom. The lowest BCUT2D eigenvalue weighted by atomic mass is 9.90. The van der Waals surface area contributed by atoms with Gasteiger partial charge in [0.25, 0.3) is 5.91 Å². The molecule has 1 aromatic heterocycles. The first-order valence-corrected chi connectivity index (χ1v) is 7.28. The molecule has 2 heterocycles. The van der Waals surface area contributed by atoms with Gasteiger partial charge in [-0.2, -0.15) is 0 Å². The lowest BCUT2D eigenvalue weighted by molar-refractivity contribution is -0.179. The van der Waals surface area contributed by atoms with Gasteiger partial charge >= 0.3 is 0 Å². The molecule has 1 amide bonds. The summed E-state index contributed by atoms with van der Waals surface area (Å²) in [7, 11) is 0. The van der Waals surface area contributed by atoms with Gasteiger partial charge in [-0.15, -0.1) is 11.3 Å². The van der Waals surface area contributed by atoms with Crippen molar-refractivity contribution in [2.24, 2.45) is 0 Å². The predicted octanol–water partition coefficient (Wildman–Crippen LogP) is 2.16. The van der Waals surface area contributed by atoms with Crippen molar-refractivity contribution in [2.75, 3.05) is 13.2 Å². The number of rotatable bonds is 2. The maximum atomic E-state index is 11.9. The summed E-state index contributed by atoms with van der Waals surface area (Å²) in [5, 5.41) is 5.01. The Hall–Kier alpha value is -0.910. The zero-order chi connectivity index (χ0) is 12.4. The Balaban J connectivity index is 1.52. The van der Waals surface area contributed by atoms with E-state index in [-0.39, 0.29) is 17.7 Å². The highest BCUT2D eigenvalue weighted by molar-refractivity contribution is 7.12. The molecule has 2 aliphatic rings. The summed E-state index contributed by atoms with van der Waals surface area (Å²) in [5.41, 5.74) is 0. The van der Waals surface area contributed by atoms with Crippen LogP contribution in [0.4, 0.5) is 0 Å². The smallest absolute Gasteiger partial charge is 0.261 e. The molecule has 0 bridgehead atoms. The number of hydrogen-bond donors (Lipinski definition) is 1. The van der Waals surface area contributed by atoms with Crippen LogP contribution in [0.3, 0.4) is 0 Å². The normalized spacial score (nSPS) is 23.3. The number of nitrogens with one attached hydrogen (secondary N) is 1. The van der Waals surface area contributed by atoms with Crippen LogP contribution in [0.1, 0.15) is 35.4 Å². The minimum atomic E-state index is -0.343. The van der Waals surface area contributed by atoms with Crippen molar-refractivity contribution in [2.45, 2.75) is 37.5 Å². The fraction of sp³-hybridized carbons (Fsp3) is 0.615. The molecule has 1 aliphatic carbocycles. The van der Waals surface area contributed by atoms with Gasteiger partial charge < -0.3 is 14.8 Å². The quantitative estimate of drug-likeness (QED) is 0.893. The van der Waals surface area contributed by atoms with E-state index in [4.69, 9.17) is 9.47 Å². The maximum Gasteiger partial charge on any atom is 0.261 e. The first-order valence-electron chi connectivity index (χ1n) is 6.40. The van der Waals surface area contributed by atoms with Crippen LogP contribution in [0.2, 0.25) is 0 Å². The molecule has 1 aromatic rings. The second-order valence-electron chi connectivity index (χ2n) is 4.83. The van der Waals surface area contributed by atoms with Crippen molar-refractivity contribution in [1.82, 2.24) is 5.32 Å². The molecule has 0 aromatic carbocycles. The summed E-state index contributed by atoms with van der Waals surface area (Å²) in [5.74, 6) is -0.302. The highest BCUT2D eigenvalue weighted by atomic mass is 32.1. The largest absolute Gasteiger partial charge is 0.349 e. The Bertz CT molecular complexity index is 402. The van der Waals surface area contributed by atoms with Gasteiger partial charge in [0, 0.05) is 18.9 Å². The number of amides is 1. The van der Waals surface area contributed by atoms with E-state index in [9.17, 15) is 4.79 Å². The third-order valence-corrected chi connectivity index (χ3v) is 4.51. The molecule has 0 radical (unpaired) electrons. The standard InChI is InChI=1S/C13H17NO3S/c15-12(11-2-1-9-18-11)14-10-3-5-13(6-4-10)16-7-8-17-13/h1-2,9-10H,3-8H2,(H,14,15). The fourth-order valence-electron chi connectivity index (χ4n) is 2.65. The van der Waals surface area contributed by atoms with Crippen LogP contribution in [0.5, 0.6) is 0 Å². The molecular formula is C13H17NO3S. The molecule has 98 valence electrons. The van der Waals surface area contributed by atoms with E-state index < -0.39 is 0 Å². The van der Waals surface area contributed by atoms with E-state index in [0.29, 0.717) is 13.2 Å². The maximum absolute atomic E-state index is 11.9. The van der Waals surface area contributed by atoms with Gasteiger partial charge in [0.1, 0.15) is 0 Å². The molecule has 2 fully saturated rings. The van der Waals surface area contributed by atoms with Crippen molar-refractivity contribution in [3.8, 4) is 0 Å². The van der Waals surface area contributed by atoms with Gasteiger partial charge in [0.2, 0.25) is 0 Å². The molecule has 1 aliphatic heterocycles. The van der Waals surface area contributed by atoms with Crippen LogP contribution in [-0.2, 0) is 9.47 Å². The second-order valence-corrected chi connectivity index (χ2v) is 5.78. The highest BCUT2D eigenvalue weighted by Crippen LogP contribution is 2.35. The zero-order valence-electron chi connectivity index (χ0n) is 10.2. The molecular weight excluding hydrogens is 250 g/mol. The van der Waals surface area contributed by atoms with E-state index in [1.807, 2.05) is 17.5 Å². The highest BCUT2D eigenvalue weighted by Gasteiger charge is 2.40. The van der Waals surface area contributed by atoms with Gasteiger partial charge in [-0.25, -0.2) is 0 Å². The van der Waals surface area contributed by atoms with Crippen LogP contribution in [0.15, 0.2) is 17.5 Å². The van der Waals surface area contributed by atoms with Crippen LogP contribution >= 0.6 is 11.3 Å². The van der Waals surface area contributed by atoms with Gasteiger partial charge in [-0.3, -0.25) is 4.79 Å². The molecule has 0 atom stereocenters. The van der Waals surface area contributed by atoms with Crippen molar-refractivity contribution in [1.29, 1.82) is 0 Å². The predicted molar refractivity (Wildman–Crippen MR) is 68.7 cm³/mol. The van der Waals surface area contributed by atoms with Gasteiger partial charge in [0.15, 0.2) is 5.79 Å². The van der Waals surface area contributed by atoms with E-state index in [2.05, 4.69) is 5.32 Å². The first kappa shape index (κ1) is 12.1. The SMILES string of the molecule is O=C(NC1CCC2(CC1)OCCO2)c1cccs1. The number of thiophene rings is 1. The van der Waals surface area contributed by atoms with Crippen LogP contribution < -0.4 is 5.32 Å². The van der Waals surface area contributed by atoms with Crippen molar-refractivity contribution in [3.63, 3.8) is 0 Å². The number of hydrogen-bond acceptors (Lipinski definition) is 4. The summed E-state index contributed by atoms with van der Waals surface area (Å²) < 4.78 is 11.3. The Kier molecular flexibility index (Phi) is 3.37. The monoisotopic (exact) mass is 267 g/mol. The molecule has 1 N–H and O–H groups in total. The van der Waals surface area contributed by atoms with E-state index in [1.54, 1.807) is 0 Å². The third-order valence-electron chi connectivity index (χ3n) is 3.64. The number of carbonyl (C=O) groups is 1. The summed E-state index contributed by atoms with van der Waals surface area (Å²) in [6.07, 6.45) is 3.61. The van der Waals surface area contributed by atoms with E-state index in [1.165, 1.54) is 11.3 Å². The summed E-state index contributed by atoms with van der Waals surface area (Å²) in [4.78, 5) is 12.7. The lowest BCUT2D eigenvalue weighted by Crippen LogP contribution is -2.43. The molecule has 1 saturated carbocycles. The molecule has 1 spiro atoms. The molecule has 0 unspecified atom stereocenters. The molecule has 4 nitrogen and oxygen atoms in total. The number of carbonyl (C=O) groups excluding carboxylic acids is 1. The van der Waals surface area contributed by atoms with Crippen molar-refractivity contribution < 1.29 is 14.3 Å². The summed E-state index contributed by atoms with van der Waals surface area (Å²) >= 11 is 1.48. The van der Waals surface area contributed by atoms with Crippen LogP contribution in [-0.4, -0.2) is 30.9 Å². The lowest BCUT2D eigenvalue weighted by Gasteiger charge is -2.35.